The second kappa shape index (κ2) is 12.9. The number of amides is 2. The predicted octanol–water partition coefficient (Wildman–Crippen LogP) is 4.90. The molecular formula is C29H28Cl3N7O2. The van der Waals surface area contributed by atoms with Crippen LogP contribution < -0.4 is 10.2 Å². The molecular weight excluding hydrogens is 585 g/mol. The molecule has 12 heteroatoms. The number of aryl methyl sites for hydroxylation is 1. The number of piperazine rings is 1. The zero-order valence-corrected chi connectivity index (χ0v) is 24.6. The number of nitrogens with zero attached hydrogens (tertiary/aromatic N) is 6. The van der Waals surface area contributed by atoms with Crippen molar-refractivity contribution in [3.8, 4) is 5.95 Å². The summed E-state index contributed by atoms with van der Waals surface area (Å²) in [6.45, 7) is 3.72. The SMILES string of the molecule is Cc1ccc(CNC(=O)CC2CN(c3cc(Cl)nc(-n4ccnc4)n3)CCN2C(=O)Cc2ccc(Cl)c(Cl)c2)cc1. The molecule has 1 atom stereocenters. The van der Waals surface area contributed by atoms with Gasteiger partial charge in [0.1, 0.15) is 17.3 Å². The summed E-state index contributed by atoms with van der Waals surface area (Å²) in [7, 11) is 0. The minimum atomic E-state index is -0.400. The molecule has 0 aliphatic carbocycles. The van der Waals surface area contributed by atoms with E-state index in [1.807, 2.05) is 36.1 Å². The molecule has 1 N–H and O–H groups in total. The third kappa shape index (κ3) is 7.35. The number of nitrogens with one attached hydrogen (secondary N) is 1. The largest absolute Gasteiger partial charge is 0.353 e. The number of hydrogen-bond donors (Lipinski definition) is 1. The van der Waals surface area contributed by atoms with E-state index >= 15 is 0 Å². The Morgan fingerprint density at radius 1 is 0.976 bits per heavy atom. The van der Waals surface area contributed by atoms with Crippen LogP contribution >= 0.6 is 34.8 Å². The van der Waals surface area contributed by atoms with Crippen molar-refractivity contribution in [1.29, 1.82) is 0 Å². The minimum Gasteiger partial charge on any atom is -0.353 e. The highest BCUT2D eigenvalue weighted by molar-refractivity contribution is 6.42. The molecule has 2 amide bonds. The number of benzene rings is 2. The summed E-state index contributed by atoms with van der Waals surface area (Å²) in [4.78, 5) is 43.4. The Morgan fingerprint density at radius 2 is 1.76 bits per heavy atom. The lowest BCUT2D eigenvalue weighted by Gasteiger charge is -2.42. The van der Waals surface area contributed by atoms with Crippen LogP contribution in [0.25, 0.3) is 5.95 Å². The van der Waals surface area contributed by atoms with Gasteiger partial charge in [0.15, 0.2) is 0 Å². The first-order valence-electron chi connectivity index (χ1n) is 13.1. The highest BCUT2D eigenvalue weighted by Crippen LogP contribution is 2.25. The third-order valence-corrected chi connectivity index (χ3v) is 7.84. The van der Waals surface area contributed by atoms with Gasteiger partial charge in [-0.05, 0) is 30.2 Å². The van der Waals surface area contributed by atoms with Gasteiger partial charge >= 0.3 is 0 Å². The summed E-state index contributed by atoms with van der Waals surface area (Å²) in [6.07, 6.45) is 5.23. The maximum Gasteiger partial charge on any atom is 0.238 e. The van der Waals surface area contributed by atoms with Crippen molar-refractivity contribution in [3.05, 3.63) is 99.1 Å². The lowest BCUT2D eigenvalue weighted by Crippen LogP contribution is -2.57. The van der Waals surface area contributed by atoms with E-state index < -0.39 is 6.04 Å². The number of carbonyl (C=O) groups excluding carboxylic acids is 2. The quantitative estimate of drug-likeness (QED) is 0.285. The molecule has 0 bridgehead atoms. The van der Waals surface area contributed by atoms with Gasteiger partial charge < -0.3 is 15.1 Å². The molecule has 41 heavy (non-hydrogen) atoms. The maximum absolute atomic E-state index is 13.5. The molecule has 1 fully saturated rings. The van der Waals surface area contributed by atoms with Crippen molar-refractivity contribution in [3.63, 3.8) is 0 Å². The first-order chi connectivity index (χ1) is 19.7. The van der Waals surface area contributed by atoms with Gasteiger partial charge in [0.25, 0.3) is 0 Å². The van der Waals surface area contributed by atoms with E-state index in [1.165, 1.54) is 0 Å². The Morgan fingerprint density at radius 3 is 2.49 bits per heavy atom. The molecule has 1 aliphatic rings. The summed E-state index contributed by atoms with van der Waals surface area (Å²) in [5, 5.41) is 4.10. The van der Waals surface area contributed by atoms with E-state index in [-0.39, 0.29) is 29.8 Å². The third-order valence-electron chi connectivity index (χ3n) is 6.90. The topological polar surface area (TPSA) is 96.2 Å². The van der Waals surface area contributed by atoms with Gasteiger partial charge in [0.05, 0.1) is 22.5 Å². The van der Waals surface area contributed by atoms with Crippen molar-refractivity contribution in [2.45, 2.75) is 32.4 Å². The fourth-order valence-electron chi connectivity index (χ4n) is 4.73. The average Bonchev–Trinajstić information content (AvgIpc) is 3.50. The van der Waals surface area contributed by atoms with Gasteiger partial charge in [-0.2, -0.15) is 4.98 Å². The van der Waals surface area contributed by atoms with Gasteiger partial charge in [0.2, 0.25) is 17.8 Å². The molecule has 0 saturated carbocycles. The highest BCUT2D eigenvalue weighted by Gasteiger charge is 2.33. The lowest BCUT2D eigenvalue weighted by atomic mass is 10.0. The van der Waals surface area contributed by atoms with Gasteiger partial charge in [-0.25, -0.2) is 9.97 Å². The van der Waals surface area contributed by atoms with Crippen molar-refractivity contribution >= 4 is 52.4 Å². The van der Waals surface area contributed by atoms with Crippen LogP contribution in [-0.2, 0) is 22.6 Å². The molecule has 1 aliphatic heterocycles. The first kappa shape index (κ1) is 28.9. The molecule has 2 aromatic carbocycles. The number of anilines is 1. The summed E-state index contributed by atoms with van der Waals surface area (Å²) >= 11 is 18.6. The van der Waals surface area contributed by atoms with E-state index in [9.17, 15) is 9.59 Å². The van der Waals surface area contributed by atoms with Crippen LogP contribution in [0, 0.1) is 6.92 Å². The summed E-state index contributed by atoms with van der Waals surface area (Å²) in [5.41, 5.74) is 2.91. The maximum atomic E-state index is 13.5. The number of aromatic nitrogens is 4. The van der Waals surface area contributed by atoms with Crippen LogP contribution in [-0.4, -0.2) is 61.9 Å². The number of imidazole rings is 1. The molecule has 0 spiro atoms. The number of rotatable bonds is 8. The normalized spacial score (nSPS) is 15.2. The first-order valence-corrected chi connectivity index (χ1v) is 14.2. The molecule has 3 heterocycles. The summed E-state index contributed by atoms with van der Waals surface area (Å²) in [5.74, 6) is 0.745. The van der Waals surface area contributed by atoms with Crippen LogP contribution in [0.15, 0.2) is 67.3 Å². The van der Waals surface area contributed by atoms with Crippen molar-refractivity contribution in [2.24, 2.45) is 0 Å². The predicted molar refractivity (Wildman–Crippen MR) is 160 cm³/mol. The van der Waals surface area contributed by atoms with Crippen LogP contribution in [0.2, 0.25) is 15.2 Å². The Labute approximate surface area is 253 Å². The molecule has 9 nitrogen and oxygen atoms in total. The molecule has 0 radical (unpaired) electrons. The highest BCUT2D eigenvalue weighted by atomic mass is 35.5. The van der Waals surface area contributed by atoms with Gasteiger partial charge in [-0.3, -0.25) is 14.2 Å². The zero-order valence-electron chi connectivity index (χ0n) is 22.3. The summed E-state index contributed by atoms with van der Waals surface area (Å²) in [6, 6.07) is 14.4. The molecule has 4 aromatic rings. The lowest BCUT2D eigenvalue weighted by molar-refractivity contribution is -0.134. The van der Waals surface area contributed by atoms with E-state index in [0.29, 0.717) is 48.0 Å². The second-order valence-electron chi connectivity index (χ2n) is 9.90. The van der Waals surface area contributed by atoms with Gasteiger partial charge in [-0.15, -0.1) is 0 Å². The second-order valence-corrected chi connectivity index (χ2v) is 11.1. The Kier molecular flexibility index (Phi) is 9.07. The number of hydrogen-bond acceptors (Lipinski definition) is 6. The van der Waals surface area contributed by atoms with Crippen molar-refractivity contribution < 1.29 is 9.59 Å². The van der Waals surface area contributed by atoms with Crippen molar-refractivity contribution in [2.75, 3.05) is 24.5 Å². The van der Waals surface area contributed by atoms with Gasteiger partial charge in [0, 0.05) is 51.1 Å². The average molecular weight is 613 g/mol. The number of carbonyl (C=O) groups is 2. The number of halogens is 3. The van der Waals surface area contributed by atoms with E-state index in [0.717, 1.165) is 16.7 Å². The smallest absolute Gasteiger partial charge is 0.238 e. The fraction of sp³-hybridized carbons (Fsp3) is 0.276. The molecule has 5 rings (SSSR count). The van der Waals surface area contributed by atoms with E-state index in [1.54, 1.807) is 52.5 Å². The van der Waals surface area contributed by atoms with E-state index in [4.69, 9.17) is 34.8 Å². The van der Waals surface area contributed by atoms with Crippen LogP contribution in [0.5, 0.6) is 0 Å². The molecule has 212 valence electrons. The Balaban J connectivity index is 1.34. The Bertz CT molecular complexity index is 1530. The monoisotopic (exact) mass is 611 g/mol. The van der Waals surface area contributed by atoms with Crippen LogP contribution in [0.1, 0.15) is 23.1 Å². The summed E-state index contributed by atoms with van der Waals surface area (Å²) < 4.78 is 1.67. The minimum absolute atomic E-state index is 0.0980. The molecule has 1 unspecified atom stereocenters. The molecule has 1 saturated heterocycles. The molecule has 2 aromatic heterocycles. The zero-order chi connectivity index (χ0) is 28.9. The van der Waals surface area contributed by atoms with Gasteiger partial charge in [-0.1, -0.05) is 70.7 Å². The fourth-order valence-corrected chi connectivity index (χ4v) is 5.23. The van der Waals surface area contributed by atoms with E-state index in [2.05, 4.69) is 20.3 Å². The Hall–Kier alpha value is -3.66. The standard InChI is InChI=1S/C29H28Cl3N7O2/c1-19-2-4-20(5-3-19)16-34-27(40)14-22-17-37(26-15-25(32)35-29(36-26)38-9-8-33-18-38)10-11-39(22)28(41)13-21-6-7-23(30)24(31)12-21/h2-9,12,15,18,22H,10-11,13-14,16-17H2,1H3,(H,34,40). The van der Waals surface area contributed by atoms with Crippen molar-refractivity contribution in [1.82, 2.24) is 29.7 Å². The van der Waals surface area contributed by atoms with Crippen LogP contribution in [0.3, 0.4) is 0 Å². The van der Waals surface area contributed by atoms with Crippen LogP contribution in [0.4, 0.5) is 5.82 Å².